The molecule has 4 N–H and O–H groups in total. The van der Waals surface area contributed by atoms with Gasteiger partial charge in [0.25, 0.3) is 0 Å². The molecule has 0 aromatic heterocycles. The summed E-state index contributed by atoms with van der Waals surface area (Å²) in [4.78, 5) is 33.5. The van der Waals surface area contributed by atoms with E-state index in [2.05, 4.69) is 5.32 Å². The van der Waals surface area contributed by atoms with E-state index in [4.69, 9.17) is 20.1 Å². The van der Waals surface area contributed by atoms with E-state index in [0.717, 1.165) is 0 Å². The number of aromatic carboxylic acids is 2. The summed E-state index contributed by atoms with van der Waals surface area (Å²) in [6, 6.07) is 3.80. The fourth-order valence-electron chi connectivity index (χ4n) is 1.65. The van der Waals surface area contributed by atoms with E-state index in [9.17, 15) is 14.4 Å². The number of hydrogen-bond acceptors (Lipinski definition) is 6. The molecule has 1 aromatic carbocycles. The largest absolute Gasteiger partial charge is 0.515 e. The minimum absolute atomic E-state index is 0.0517. The van der Waals surface area contributed by atoms with Gasteiger partial charge in [-0.25, -0.2) is 14.4 Å². The van der Waals surface area contributed by atoms with Crippen LogP contribution in [0, 0.1) is 0 Å². The van der Waals surface area contributed by atoms with Crippen molar-refractivity contribution in [2.45, 2.75) is 20.0 Å². The van der Waals surface area contributed by atoms with Gasteiger partial charge in [-0.05, 0) is 32.0 Å². The van der Waals surface area contributed by atoms with Crippen LogP contribution in [0.5, 0.6) is 0 Å². The first kappa shape index (κ1) is 18.0. The highest BCUT2D eigenvalue weighted by Gasteiger charge is 2.17. The average Bonchev–Trinajstić information content (AvgIpc) is 2.51. The lowest BCUT2D eigenvalue weighted by molar-refractivity contribution is -0.142. The van der Waals surface area contributed by atoms with E-state index in [1.165, 1.54) is 25.1 Å². The van der Waals surface area contributed by atoms with E-state index in [0.29, 0.717) is 11.9 Å². The second kappa shape index (κ2) is 7.83. The van der Waals surface area contributed by atoms with Gasteiger partial charge in [0, 0.05) is 5.69 Å². The van der Waals surface area contributed by atoms with Crippen molar-refractivity contribution in [1.29, 1.82) is 0 Å². The minimum Gasteiger partial charge on any atom is -0.515 e. The topological polar surface area (TPSA) is 133 Å². The summed E-state index contributed by atoms with van der Waals surface area (Å²) >= 11 is 0. The number of carboxylic acid groups (broad SMARTS) is 2. The molecule has 0 aliphatic rings. The number of carboxylic acids is 2. The van der Waals surface area contributed by atoms with E-state index in [1.54, 1.807) is 6.92 Å². The molecule has 0 radical (unpaired) electrons. The number of carbonyl (C=O) groups is 3. The van der Waals surface area contributed by atoms with Crippen LogP contribution in [-0.4, -0.2) is 45.9 Å². The van der Waals surface area contributed by atoms with Gasteiger partial charge >= 0.3 is 17.9 Å². The molecule has 1 rings (SSSR count). The van der Waals surface area contributed by atoms with Gasteiger partial charge in [-0.3, -0.25) is 0 Å². The van der Waals surface area contributed by atoms with Gasteiger partial charge in [0.05, 0.1) is 29.5 Å². The third-order valence-electron chi connectivity index (χ3n) is 2.90. The Hall–Kier alpha value is -3.03. The Labute approximate surface area is 132 Å². The molecule has 0 bridgehead atoms. The zero-order chi connectivity index (χ0) is 17.6. The fraction of sp³-hybridized carbons (Fsp3) is 0.267. The average molecular weight is 323 g/mol. The van der Waals surface area contributed by atoms with E-state index in [1.807, 2.05) is 0 Å². The normalized spacial score (nSPS) is 12.3. The van der Waals surface area contributed by atoms with Crippen LogP contribution < -0.4 is 5.32 Å². The summed E-state index contributed by atoms with van der Waals surface area (Å²) in [6.45, 7) is 3.18. The molecule has 0 saturated heterocycles. The maximum absolute atomic E-state index is 11.4. The lowest BCUT2D eigenvalue weighted by atomic mass is 10.1. The SMILES string of the molecule is C/C(=C\O)C(=O)OC(C)CNc1ccc(C(=O)O)c(C(=O)O)c1. The fourth-order valence-corrected chi connectivity index (χ4v) is 1.65. The molecule has 124 valence electrons. The van der Waals surface area contributed by atoms with Crippen LogP contribution in [0.1, 0.15) is 34.6 Å². The van der Waals surface area contributed by atoms with E-state index >= 15 is 0 Å². The highest BCUT2D eigenvalue weighted by Crippen LogP contribution is 2.16. The Morgan fingerprint density at radius 1 is 1.22 bits per heavy atom. The number of nitrogens with one attached hydrogen (secondary N) is 1. The Morgan fingerprint density at radius 3 is 2.35 bits per heavy atom. The number of aliphatic hydroxyl groups is 1. The smallest absolute Gasteiger partial charge is 0.337 e. The van der Waals surface area contributed by atoms with Crippen LogP contribution in [0.4, 0.5) is 5.69 Å². The molecule has 0 amide bonds. The summed E-state index contributed by atoms with van der Waals surface area (Å²) in [5.74, 6) is -3.36. The molecule has 1 aromatic rings. The predicted molar refractivity (Wildman–Crippen MR) is 80.8 cm³/mol. The standard InChI is InChI=1S/C15H17NO7/c1-8(7-17)15(22)23-9(2)6-16-10-3-4-11(13(18)19)12(5-10)14(20)21/h3-5,7,9,16-17H,6H2,1-2H3,(H,18,19)(H,20,21)/b8-7+. The van der Waals surface area contributed by atoms with Crippen molar-refractivity contribution in [3.8, 4) is 0 Å². The second-order valence-corrected chi connectivity index (χ2v) is 4.78. The maximum atomic E-state index is 11.4. The Morgan fingerprint density at radius 2 is 1.83 bits per heavy atom. The van der Waals surface area contributed by atoms with Gasteiger partial charge in [-0.15, -0.1) is 0 Å². The summed E-state index contributed by atoms with van der Waals surface area (Å²) in [5.41, 5.74) is -0.224. The molecule has 8 nitrogen and oxygen atoms in total. The molecule has 0 aliphatic heterocycles. The molecule has 1 unspecified atom stereocenters. The number of anilines is 1. The van der Waals surface area contributed by atoms with Gasteiger partial charge in [0.2, 0.25) is 0 Å². The molecule has 0 saturated carbocycles. The first-order valence-corrected chi connectivity index (χ1v) is 6.62. The lowest BCUT2D eigenvalue weighted by Gasteiger charge is -2.15. The van der Waals surface area contributed by atoms with Crippen molar-refractivity contribution in [2.75, 3.05) is 11.9 Å². The van der Waals surface area contributed by atoms with Gasteiger partial charge < -0.3 is 25.4 Å². The number of benzene rings is 1. The highest BCUT2D eigenvalue weighted by molar-refractivity contribution is 6.02. The Kier molecular flexibility index (Phi) is 6.13. The summed E-state index contributed by atoms with van der Waals surface area (Å²) < 4.78 is 5.02. The predicted octanol–water partition coefficient (Wildman–Crippen LogP) is 1.89. The Balaban J connectivity index is 2.75. The minimum atomic E-state index is -1.35. The first-order chi connectivity index (χ1) is 10.8. The van der Waals surface area contributed by atoms with Crippen molar-refractivity contribution in [3.63, 3.8) is 0 Å². The number of carbonyl (C=O) groups excluding carboxylic acids is 1. The van der Waals surface area contributed by atoms with Crippen molar-refractivity contribution in [2.24, 2.45) is 0 Å². The van der Waals surface area contributed by atoms with E-state index in [-0.39, 0.29) is 23.2 Å². The van der Waals surface area contributed by atoms with Crippen molar-refractivity contribution in [1.82, 2.24) is 0 Å². The zero-order valence-corrected chi connectivity index (χ0v) is 12.6. The van der Waals surface area contributed by atoms with Crippen LogP contribution in [0.15, 0.2) is 30.0 Å². The monoisotopic (exact) mass is 323 g/mol. The number of ether oxygens (including phenoxy) is 1. The maximum Gasteiger partial charge on any atom is 0.337 e. The number of esters is 1. The molecule has 0 fully saturated rings. The number of hydrogen-bond donors (Lipinski definition) is 4. The molecular weight excluding hydrogens is 306 g/mol. The highest BCUT2D eigenvalue weighted by atomic mass is 16.5. The molecule has 0 aliphatic carbocycles. The van der Waals surface area contributed by atoms with Crippen LogP contribution in [0.3, 0.4) is 0 Å². The third kappa shape index (κ3) is 5.03. The first-order valence-electron chi connectivity index (χ1n) is 6.62. The summed E-state index contributed by atoms with van der Waals surface area (Å²) in [5, 5.41) is 29.5. The van der Waals surface area contributed by atoms with Gasteiger partial charge in [-0.2, -0.15) is 0 Å². The number of rotatable bonds is 7. The molecule has 23 heavy (non-hydrogen) atoms. The molecule has 8 heteroatoms. The van der Waals surface area contributed by atoms with Crippen LogP contribution in [0.25, 0.3) is 0 Å². The second-order valence-electron chi connectivity index (χ2n) is 4.78. The van der Waals surface area contributed by atoms with Crippen molar-refractivity contribution < 1.29 is 34.4 Å². The third-order valence-corrected chi connectivity index (χ3v) is 2.90. The summed E-state index contributed by atoms with van der Waals surface area (Å²) in [7, 11) is 0. The van der Waals surface area contributed by atoms with Crippen molar-refractivity contribution in [3.05, 3.63) is 41.2 Å². The van der Waals surface area contributed by atoms with E-state index < -0.39 is 24.0 Å². The van der Waals surface area contributed by atoms with Gasteiger partial charge in [0.15, 0.2) is 0 Å². The van der Waals surface area contributed by atoms with Crippen LogP contribution >= 0.6 is 0 Å². The quantitative estimate of drug-likeness (QED) is 0.339. The Bertz CT molecular complexity index is 651. The summed E-state index contributed by atoms with van der Waals surface area (Å²) in [6.07, 6.45) is 0.0940. The molecule has 1 atom stereocenters. The molecule has 0 heterocycles. The lowest BCUT2D eigenvalue weighted by Crippen LogP contribution is -2.24. The van der Waals surface area contributed by atoms with Crippen LogP contribution in [0.2, 0.25) is 0 Å². The molecular formula is C15H17NO7. The van der Waals surface area contributed by atoms with Gasteiger partial charge in [0.1, 0.15) is 6.10 Å². The van der Waals surface area contributed by atoms with Crippen molar-refractivity contribution >= 4 is 23.6 Å². The van der Waals surface area contributed by atoms with Crippen LogP contribution in [-0.2, 0) is 9.53 Å². The van der Waals surface area contributed by atoms with Gasteiger partial charge in [-0.1, -0.05) is 0 Å². The number of aliphatic hydroxyl groups excluding tert-OH is 1. The molecule has 0 spiro atoms. The zero-order valence-electron chi connectivity index (χ0n) is 12.6.